The number of rotatable bonds is 5. The lowest BCUT2D eigenvalue weighted by Gasteiger charge is -2.07. The second-order valence-corrected chi connectivity index (χ2v) is 4.08. The SMILES string of the molecule is Cc1coc(-c2ccc(OC/C(=C/F)CN)cc2)n1. The van der Waals surface area contributed by atoms with Gasteiger partial charge in [-0.2, -0.15) is 0 Å². The third-order valence-corrected chi connectivity index (χ3v) is 2.56. The number of hydrogen-bond acceptors (Lipinski definition) is 4. The molecule has 2 rings (SSSR count). The number of benzene rings is 1. The molecule has 0 atom stereocenters. The average Bonchev–Trinajstić information content (AvgIpc) is 2.87. The van der Waals surface area contributed by atoms with Gasteiger partial charge in [-0.05, 0) is 31.2 Å². The second-order valence-electron chi connectivity index (χ2n) is 4.08. The summed E-state index contributed by atoms with van der Waals surface area (Å²) in [6, 6.07) is 7.23. The summed E-state index contributed by atoms with van der Waals surface area (Å²) in [5.41, 5.74) is 7.44. The van der Waals surface area contributed by atoms with Crippen molar-refractivity contribution in [2.24, 2.45) is 5.73 Å². The number of ether oxygens (including phenoxy) is 1. The van der Waals surface area contributed by atoms with Gasteiger partial charge in [-0.15, -0.1) is 0 Å². The number of aromatic nitrogens is 1. The number of nitrogens with two attached hydrogens (primary N) is 1. The zero-order valence-corrected chi connectivity index (χ0v) is 10.6. The van der Waals surface area contributed by atoms with Crippen molar-refractivity contribution in [1.29, 1.82) is 0 Å². The van der Waals surface area contributed by atoms with E-state index >= 15 is 0 Å². The molecule has 1 heterocycles. The zero-order valence-electron chi connectivity index (χ0n) is 10.6. The summed E-state index contributed by atoms with van der Waals surface area (Å²) in [6.45, 7) is 2.15. The van der Waals surface area contributed by atoms with Crippen LogP contribution in [0.25, 0.3) is 11.5 Å². The van der Waals surface area contributed by atoms with Crippen molar-refractivity contribution >= 4 is 0 Å². The fraction of sp³-hybridized carbons (Fsp3) is 0.214. The first-order chi connectivity index (χ1) is 9.22. The summed E-state index contributed by atoms with van der Waals surface area (Å²) in [6.07, 6.45) is 2.07. The Morgan fingerprint density at radius 2 is 2.16 bits per heavy atom. The maximum absolute atomic E-state index is 12.3. The molecule has 0 fully saturated rings. The molecule has 1 aromatic carbocycles. The van der Waals surface area contributed by atoms with Gasteiger partial charge < -0.3 is 14.9 Å². The van der Waals surface area contributed by atoms with E-state index in [1.54, 1.807) is 18.4 Å². The van der Waals surface area contributed by atoms with Gasteiger partial charge in [0.2, 0.25) is 5.89 Å². The van der Waals surface area contributed by atoms with Crippen molar-refractivity contribution in [3.8, 4) is 17.2 Å². The second kappa shape index (κ2) is 6.15. The number of nitrogens with zero attached hydrogens (tertiary/aromatic N) is 1. The fourth-order valence-corrected chi connectivity index (χ4v) is 1.49. The molecule has 4 nitrogen and oxygen atoms in total. The average molecular weight is 262 g/mol. The van der Waals surface area contributed by atoms with Gasteiger partial charge >= 0.3 is 0 Å². The van der Waals surface area contributed by atoms with Gasteiger partial charge in [0.15, 0.2) is 0 Å². The lowest BCUT2D eigenvalue weighted by molar-refractivity contribution is 0.347. The number of halogens is 1. The normalized spacial score (nSPS) is 11.6. The van der Waals surface area contributed by atoms with Crippen LogP contribution >= 0.6 is 0 Å². The van der Waals surface area contributed by atoms with Gasteiger partial charge in [-0.25, -0.2) is 9.37 Å². The first kappa shape index (κ1) is 13.3. The van der Waals surface area contributed by atoms with Crippen molar-refractivity contribution in [2.75, 3.05) is 13.2 Å². The predicted octanol–water partition coefficient (Wildman–Crippen LogP) is 2.84. The van der Waals surface area contributed by atoms with Gasteiger partial charge in [0.1, 0.15) is 18.6 Å². The maximum atomic E-state index is 12.3. The monoisotopic (exact) mass is 262 g/mol. The molecule has 0 aliphatic heterocycles. The molecule has 0 aliphatic carbocycles. The number of hydrogen-bond donors (Lipinski definition) is 1. The minimum Gasteiger partial charge on any atom is -0.489 e. The molecule has 0 spiro atoms. The van der Waals surface area contributed by atoms with E-state index < -0.39 is 0 Å². The highest BCUT2D eigenvalue weighted by molar-refractivity contribution is 5.54. The Balaban J connectivity index is 2.02. The summed E-state index contributed by atoms with van der Waals surface area (Å²) in [4.78, 5) is 4.23. The standard InChI is InChI=1S/C14H15FN2O2/c1-10-8-19-14(17-10)12-2-4-13(5-3-12)18-9-11(6-15)7-16/h2-6,8H,7,9,16H2,1H3/b11-6+. The highest BCUT2D eigenvalue weighted by atomic mass is 19.1. The smallest absolute Gasteiger partial charge is 0.226 e. The Morgan fingerprint density at radius 3 is 2.68 bits per heavy atom. The molecule has 0 unspecified atom stereocenters. The Bertz CT molecular complexity index is 561. The summed E-state index contributed by atoms with van der Waals surface area (Å²) in [5.74, 6) is 1.20. The Labute approximate surface area is 110 Å². The van der Waals surface area contributed by atoms with Gasteiger partial charge in [-0.1, -0.05) is 0 Å². The summed E-state index contributed by atoms with van der Waals surface area (Å²) >= 11 is 0. The Morgan fingerprint density at radius 1 is 1.42 bits per heavy atom. The highest BCUT2D eigenvalue weighted by Crippen LogP contribution is 2.21. The Hall–Kier alpha value is -2.14. The van der Waals surface area contributed by atoms with Crippen molar-refractivity contribution in [3.05, 3.63) is 48.1 Å². The van der Waals surface area contributed by atoms with Crippen molar-refractivity contribution in [2.45, 2.75) is 6.92 Å². The molecule has 0 aliphatic rings. The lowest BCUT2D eigenvalue weighted by Crippen LogP contribution is -2.10. The topological polar surface area (TPSA) is 61.3 Å². The zero-order chi connectivity index (χ0) is 13.7. The predicted molar refractivity (Wildman–Crippen MR) is 70.4 cm³/mol. The van der Waals surface area contributed by atoms with E-state index in [2.05, 4.69) is 4.98 Å². The molecule has 0 saturated carbocycles. The van der Waals surface area contributed by atoms with Crippen molar-refractivity contribution in [3.63, 3.8) is 0 Å². The quantitative estimate of drug-likeness (QED) is 0.900. The van der Waals surface area contributed by atoms with Gasteiger partial charge in [0, 0.05) is 17.7 Å². The molecule has 0 amide bonds. The molecular formula is C14H15FN2O2. The first-order valence-electron chi connectivity index (χ1n) is 5.86. The van der Waals surface area contributed by atoms with Crippen LogP contribution in [0.2, 0.25) is 0 Å². The van der Waals surface area contributed by atoms with E-state index in [9.17, 15) is 4.39 Å². The molecular weight excluding hydrogens is 247 g/mol. The van der Waals surface area contributed by atoms with E-state index in [4.69, 9.17) is 14.9 Å². The highest BCUT2D eigenvalue weighted by Gasteiger charge is 2.05. The van der Waals surface area contributed by atoms with Crippen LogP contribution < -0.4 is 10.5 Å². The third kappa shape index (κ3) is 3.42. The molecule has 19 heavy (non-hydrogen) atoms. The molecule has 2 aromatic rings. The van der Waals surface area contributed by atoms with E-state index in [1.807, 2.05) is 19.1 Å². The van der Waals surface area contributed by atoms with Gasteiger partial charge in [0.05, 0.1) is 12.0 Å². The minimum atomic E-state index is 0.143. The molecule has 5 heteroatoms. The fourth-order valence-electron chi connectivity index (χ4n) is 1.49. The van der Waals surface area contributed by atoms with Crippen LogP contribution in [0.3, 0.4) is 0 Å². The summed E-state index contributed by atoms with van der Waals surface area (Å²) in [5, 5.41) is 0. The van der Waals surface area contributed by atoms with Crippen molar-refractivity contribution < 1.29 is 13.5 Å². The van der Waals surface area contributed by atoms with E-state index in [-0.39, 0.29) is 13.2 Å². The minimum absolute atomic E-state index is 0.143. The van der Waals surface area contributed by atoms with Crippen LogP contribution in [0.4, 0.5) is 4.39 Å². The third-order valence-electron chi connectivity index (χ3n) is 2.56. The largest absolute Gasteiger partial charge is 0.489 e. The van der Waals surface area contributed by atoms with E-state index in [0.29, 0.717) is 23.5 Å². The van der Waals surface area contributed by atoms with Crippen LogP contribution in [-0.2, 0) is 0 Å². The van der Waals surface area contributed by atoms with E-state index in [0.717, 1.165) is 11.3 Å². The molecule has 2 N–H and O–H groups in total. The molecule has 0 radical (unpaired) electrons. The summed E-state index contributed by atoms with van der Waals surface area (Å²) in [7, 11) is 0. The van der Waals surface area contributed by atoms with Crippen LogP contribution in [0, 0.1) is 6.92 Å². The lowest BCUT2D eigenvalue weighted by atomic mass is 10.2. The number of oxazole rings is 1. The van der Waals surface area contributed by atoms with Crippen LogP contribution in [-0.4, -0.2) is 18.1 Å². The number of aryl methyl sites for hydroxylation is 1. The van der Waals surface area contributed by atoms with Gasteiger partial charge in [0.25, 0.3) is 0 Å². The van der Waals surface area contributed by atoms with Crippen molar-refractivity contribution in [1.82, 2.24) is 4.98 Å². The van der Waals surface area contributed by atoms with Crippen LogP contribution in [0.5, 0.6) is 5.75 Å². The first-order valence-corrected chi connectivity index (χ1v) is 5.86. The molecule has 1 aromatic heterocycles. The molecule has 0 bridgehead atoms. The van der Waals surface area contributed by atoms with Crippen LogP contribution in [0.1, 0.15) is 5.69 Å². The molecule has 0 saturated heterocycles. The van der Waals surface area contributed by atoms with Crippen LogP contribution in [0.15, 0.2) is 46.8 Å². The molecule has 100 valence electrons. The van der Waals surface area contributed by atoms with E-state index in [1.165, 1.54) is 0 Å². The summed E-state index contributed by atoms with van der Waals surface area (Å²) < 4.78 is 23.0. The van der Waals surface area contributed by atoms with Gasteiger partial charge in [-0.3, -0.25) is 0 Å². The Kier molecular flexibility index (Phi) is 4.30. The maximum Gasteiger partial charge on any atom is 0.226 e.